The van der Waals surface area contributed by atoms with Gasteiger partial charge in [0.2, 0.25) is 5.95 Å². The predicted octanol–water partition coefficient (Wildman–Crippen LogP) is 3.40. The van der Waals surface area contributed by atoms with E-state index in [0.717, 1.165) is 11.4 Å². The van der Waals surface area contributed by atoms with Gasteiger partial charge in [-0.05, 0) is 32.0 Å². The van der Waals surface area contributed by atoms with E-state index in [1.165, 1.54) is 6.07 Å². The zero-order valence-electron chi connectivity index (χ0n) is 9.57. The van der Waals surface area contributed by atoms with Gasteiger partial charge in [-0.15, -0.1) is 12.4 Å². The third-order valence-corrected chi connectivity index (χ3v) is 2.10. The molecule has 17 heavy (non-hydrogen) atoms. The van der Waals surface area contributed by atoms with Crippen LogP contribution in [-0.2, 0) is 0 Å². The molecule has 3 nitrogen and oxygen atoms in total. The Balaban J connectivity index is 0.00000144. The summed E-state index contributed by atoms with van der Waals surface area (Å²) in [5.41, 5.74) is 2.09. The molecule has 0 atom stereocenters. The second-order valence-corrected chi connectivity index (χ2v) is 3.58. The number of aromatic nitrogens is 2. The summed E-state index contributed by atoms with van der Waals surface area (Å²) < 4.78 is 13.4. The molecule has 0 saturated heterocycles. The second kappa shape index (κ2) is 5.59. The van der Waals surface area contributed by atoms with E-state index < -0.39 is 0 Å². The van der Waals surface area contributed by atoms with Gasteiger partial charge < -0.3 is 5.32 Å². The van der Waals surface area contributed by atoms with Gasteiger partial charge in [0.15, 0.2) is 0 Å². The zero-order valence-corrected chi connectivity index (χ0v) is 10.4. The molecule has 0 unspecified atom stereocenters. The smallest absolute Gasteiger partial charge is 0.227 e. The molecule has 0 aliphatic heterocycles. The topological polar surface area (TPSA) is 37.8 Å². The summed E-state index contributed by atoms with van der Waals surface area (Å²) in [5.74, 6) is 0.104. The van der Waals surface area contributed by atoms with Gasteiger partial charge in [0.05, 0.1) is 5.69 Å². The average molecular weight is 254 g/mol. The number of para-hydroxylation sites is 1. The highest BCUT2D eigenvalue weighted by molar-refractivity contribution is 5.85. The summed E-state index contributed by atoms with van der Waals surface area (Å²) >= 11 is 0. The lowest BCUT2D eigenvalue weighted by Gasteiger charge is -2.06. The molecule has 90 valence electrons. The summed E-state index contributed by atoms with van der Waals surface area (Å²) in [7, 11) is 0. The Hall–Kier alpha value is -1.68. The first-order valence-electron chi connectivity index (χ1n) is 4.99. The Bertz CT molecular complexity index is 497. The van der Waals surface area contributed by atoms with Crippen LogP contribution >= 0.6 is 12.4 Å². The first-order valence-corrected chi connectivity index (χ1v) is 4.99. The molecular weight excluding hydrogens is 241 g/mol. The molecule has 0 aliphatic rings. The van der Waals surface area contributed by atoms with Gasteiger partial charge in [0.25, 0.3) is 0 Å². The highest BCUT2D eigenvalue weighted by Gasteiger charge is 2.03. The number of halogens is 2. The van der Waals surface area contributed by atoms with Crippen LogP contribution in [0, 0.1) is 19.7 Å². The van der Waals surface area contributed by atoms with E-state index in [1.54, 1.807) is 18.2 Å². The van der Waals surface area contributed by atoms with Gasteiger partial charge in [0, 0.05) is 11.4 Å². The second-order valence-electron chi connectivity index (χ2n) is 3.58. The van der Waals surface area contributed by atoms with Crippen LogP contribution in [0.25, 0.3) is 0 Å². The molecule has 0 amide bonds. The minimum Gasteiger partial charge on any atom is -0.322 e. The lowest BCUT2D eigenvalue weighted by Crippen LogP contribution is -2.01. The average Bonchev–Trinajstić information content (AvgIpc) is 2.20. The SMILES string of the molecule is Cc1cc(C)nc(Nc2ccccc2F)n1.Cl. The molecule has 0 aliphatic carbocycles. The fraction of sp³-hybridized carbons (Fsp3) is 0.167. The van der Waals surface area contributed by atoms with Crippen LogP contribution in [0.3, 0.4) is 0 Å². The minimum absolute atomic E-state index is 0. The fourth-order valence-electron chi connectivity index (χ4n) is 1.46. The summed E-state index contributed by atoms with van der Waals surface area (Å²) in [4.78, 5) is 8.36. The number of nitrogens with one attached hydrogen (secondary N) is 1. The van der Waals surface area contributed by atoms with Crippen LogP contribution in [0.4, 0.5) is 16.0 Å². The zero-order chi connectivity index (χ0) is 11.5. The predicted molar refractivity (Wildman–Crippen MR) is 68.4 cm³/mol. The highest BCUT2D eigenvalue weighted by atomic mass is 35.5. The van der Waals surface area contributed by atoms with Crippen molar-refractivity contribution in [1.82, 2.24) is 9.97 Å². The molecular formula is C12H13ClFN3. The maximum atomic E-state index is 13.4. The quantitative estimate of drug-likeness (QED) is 0.891. The van der Waals surface area contributed by atoms with Crippen LogP contribution in [0.2, 0.25) is 0 Å². The van der Waals surface area contributed by atoms with E-state index in [9.17, 15) is 4.39 Å². The monoisotopic (exact) mass is 253 g/mol. The molecule has 1 N–H and O–H groups in total. The molecule has 0 spiro atoms. The maximum Gasteiger partial charge on any atom is 0.227 e. The van der Waals surface area contributed by atoms with Crippen LogP contribution < -0.4 is 5.32 Å². The van der Waals surface area contributed by atoms with Gasteiger partial charge in [-0.25, -0.2) is 14.4 Å². The highest BCUT2D eigenvalue weighted by Crippen LogP contribution is 2.16. The Morgan fingerprint density at radius 1 is 1.06 bits per heavy atom. The number of rotatable bonds is 2. The van der Waals surface area contributed by atoms with Gasteiger partial charge in [-0.2, -0.15) is 0 Å². The van der Waals surface area contributed by atoms with Gasteiger partial charge in [0.1, 0.15) is 5.82 Å². The lowest BCUT2D eigenvalue weighted by atomic mass is 10.3. The van der Waals surface area contributed by atoms with Crippen molar-refractivity contribution < 1.29 is 4.39 Å². The molecule has 1 aromatic carbocycles. The standard InChI is InChI=1S/C12H12FN3.ClH/c1-8-7-9(2)15-12(14-8)16-11-6-4-3-5-10(11)13;/h3-7H,1-2H3,(H,14,15,16);1H. The van der Waals surface area contributed by atoms with Gasteiger partial charge >= 0.3 is 0 Å². The van der Waals surface area contributed by atoms with Crippen molar-refractivity contribution in [1.29, 1.82) is 0 Å². The summed E-state index contributed by atoms with van der Waals surface area (Å²) in [6.07, 6.45) is 0. The normalized spacial score (nSPS) is 9.59. The molecule has 0 saturated carbocycles. The Morgan fingerprint density at radius 2 is 1.65 bits per heavy atom. The van der Waals surface area contributed by atoms with Crippen molar-refractivity contribution in [2.75, 3.05) is 5.32 Å². The van der Waals surface area contributed by atoms with Crippen LogP contribution in [-0.4, -0.2) is 9.97 Å². The number of aryl methyl sites for hydroxylation is 2. The number of hydrogen-bond acceptors (Lipinski definition) is 3. The molecule has 0 bridgehead atoms. The van der Waals surface area contributed by atoms with Crippen molar-refractivity contribution in [2.45, 2.75) is 13.8 Å². The van der Waals surface area contributed by atoms with Crippen molar-refractivity contribution in [3.63, 3.8) is 0 Å². The Kier molecular flexibility index (Phi) is 4.40. The van der Waals surface area contributed by atoms with Gasteiger partial charge in [-0.3, -0.25) is 0 Å². The van der Waals surface area contributed by atoms with Gasteiger partial charge in [-0.1, -0.05) is 12.1 Å². The van der Waals surface area contributed by atoms with Crippen molar-refractivity contribution in [2.24, 2.45) is 0 Å². The molecule has 5 heteroatoms. The number of benzene rings is 1. The van der Waals surface area contributed by atoms with E-state index in [0.29, 0.717) is 11.6 Å². The lowest BCUT2D eigenvalue weighted by molar-refractivity contribution is 0.631. The molecule has 0 radical (unpaired) electrons. The maximum absolute atomic E-state index is 13.4. The largest absolute Gasteiger partial charge is 0.322 e. The van der Waals surface area contributed by atoms with Crippen molar-refractivity contribution in [3.8, 4) is 0 Å². The Labute approximate surface area is 106 Å². The van der Waals surface area contributed by atoms with Crippen molar-refractivity contribution >= 4 is 24.0 Å². The van der Waals surface area contributed by atoms with E-state index in [-0.39, 0.29) is 18.2 Å². The third kappa shape index (κ3) is 3.39. The molecule has 0 fully saturated rings. The number of anilines is 2. The fourth-order valence-corrected chi connectivity index (χ4v) is 1.46. The molecule has 2 rings (SSSR count). The summed E-state index contributed by atoms with van der Waals surface area (Å²) in [6.45, 7) is 3.75. The van der Waals surface area contributed by atoms with E-state index >= 15 is 0 Å². The molecule has 1 aromatic heterocycles. The first kappa shape index (κ1) is 13.4. The van der Waals surface area contributed by atoms with E-state index in [1.807, 2.05) is 19.9 Å². The third-order valence-electron chi connectivity index (χ3n) is 2.10. The first-order chi connectivity index (χ1) is 7.65. The molecule has 1 heterocycles. The van der Waals surface area contributed by atoms with Crippen molar-refractivity contribution in [3.05, 3.63) is 47.5 Å². The minimum atomic E-state index is -0.315. The number of hydrogen-bond donors (Lipinski definition) is 1. The molecule has 2 aromatic rings. The van der Waals surface area contributed by atoms with Crippen LogP contribution in [0.1, 0.15) is 11.4 Å². The Morgan fingerprint density at radius 3 is 2.24 bits per heavy atom. The number of nitrogens with zero attached hydrogens (tertiary/aromatic N) is 2. The van der Waals surface area contributed by atoms with E-state index in [4.69, 9.17) is 0 Å². The van der Waals surface area contributed by atoms with Crippen LogP contribution in [0.5, 0.6) is 0 Å². The van der Waals surface area contributed by atoms with Crippen LogP contribution in [0.15, 0.2) is 30.3 Å². The van der Waals surface area contributed by atoms with E-state index in [2.05, 4.69) is 15.3 Å². The summed E-state index contributed by atoms with van der Waals surface area (Å²) in [6, 6.07) is 8.31. The summed E-state index contributed by atoms with van der Waals surface area (Å²) in [5, 5.41) is 2.86.